The Labute approximate surface area is 208 Å². The Balaban J connectivity index is 1.75. The Morgan fingerprint density at radius 1 is 0.939 bits per heavy atom. The van der Waals surface area contributed by atoms with Gasteiger partial charge in [-0.3, -0.25) is 9.80 Å². The summed E-state index contributed by atoms with van der Waals surface area (Å²) in [5, 5.41) is 0.734. The lowest BCUT2D eigenvalue weighted by Crippen LogP contribution is -2.49. The standard InChI is InChI=1S/C28H34ClN3S/c1-19-17-20(2)24(21(3)18-19)30-26-25(31-15-9-10-16-31)28(13-7-4-8-14-28)27(33)32(26)23-12-6-5-11-22(23)29/h5-6,11-12,17-18,25H,4,7-10,13-16H2,1-3H3/t25-/m1/s1. The Morgan fingerprint density at radius 3 is 2.21 bits per heavy atom. The second-order valence-electron chi connectivity index (χ2n) is 10.2. The molecule has 3 nitrogen and oxygen atoms in total. The molecule has 2 aromatic carbocycles. The predicted octanol–water partition coefficient (Wildman–Crippen LogP) is 7.56. The highest BCUT2D eigenvalue weighted by Gasteiger charge is 2.58. The summed E-state index contributed by atoms with van der Waals surface area (Å²) in [5.74, 6) is 1.08. The van der Waals surface area contributed by atoms with E-state index in [0.29, 0.717) is 0 Å². The van der Waals surface area contributed by atoms with E-state index in [-0.39, 0.29) is 11.5 Å². The van der Waals surface area contributed by atoms with Crippen molar-refractivity contribution in [2.75, 3.05) is 18.0 Å². The normalized spacial score (nSPS) is 24.4. The number of halogens is 1. The molecule has 3 aliphatic rings. The SMILES string of the molecule is Cc1cc(C)c(N=C2[C@@H](N3CCCC3)C3(CCCCC3)C(=S)N2c2ccccc2Cl)c(C)c1. The van der Waals surface area contributed by atoms with E-state index in [1.54, 1.807) is 0 Å². The maximum absolute atomic E-state index is 6.79. The van der Waals surface area contributed by atoms with Crippen molar-refractivity contribution in [3.05, 3.63) is 58.1 Å². The minimum absolute atomic E-state index is 0.0393. The molecule has 1 atom stereocenters. The zero-order valence-electron chi connectivity index (χ0n) is 20.0. The van der Waals surface area contributed by atoms with Crippen molar-refractivity contribution in [3.8, 4) is 0 Å². The number of para-hydroxylation sites is 1. The highest BCUT2D eigenvalue weighted by molar-refractivity contribution is 7.80. The van der Waals surface area contributed by atoms with Crippen LogP contribution in [0.15, 0.2) is 41.4 Å². The maximum atomic E-state index is 6.79. The fourth-order valence-corrected chi connectivity index (χ4v) is 7.16. The second kappa shape index (κ2) is 9.13. The summed E-state index contributed by atoms with van der Waals surface area (Å²) >= 11 is 13.2. The molecule has 2 aromatic rings. The molecule has 0 amide bonds. The van der Waals surface area contributed by atoms with E-state index in [1.165, 1.54) is 48.8 Å². The van der Waals surface area contributed by atoms with Crippen molar-refractivity contribution in [2.45, 2.75) is 71.8 Å². The lowest BCUT2D eigenvalue weighted by Gasteiger charge is -2.41. The molecule has 0 bridgehead atoms. The molecule has 33 heavy (non-hydrogen) atoms. The average molecular weight is 480 g/mol. The molecule has 0 aromatic heterocycles. The summed E-state index contributed by atoms with van der Waals surface area (Å²) in [7, 11) is 0. The number of anilines is 1. The third kappa shape index (κ3) is 3.94. The molecule has 1 spiro atoms. The maximum Gasteiger partial charge on any atom is 0.133 e. The van der Waals surface area contributed by atoms with Gasteiger partial charge in [0.25, 0.3) is 0 Å². The summed E-state index contributed by atoms with van der Waals surface area (Å²) in [6, 6.07) is 12.8. The minimum atomic E-state index is -0.0393. The van der Waals surface area contributed by atoms with Crippen LogP contribution in [0.1, 0.15) is 61.6 Å². The number of hydrogen-bond donors (Lipinski definition) is 0. The molecule has 3 fully saturated rings. The number of hydrogen-bond acceptors (Lipinski definition) is 3. The van der Waals surface area contributed by atoms with Gasteiger partial charge in [0.15, 0.2) is 0 Å². The average Bonchev–Trinajstić information content (AvgIpc) is 3.38. The summed E-state index contributed by atoms with van der Waals surface area (Å²) in [4.78, 5) is 11.4. The first kappa shape index (κ1) is 23.0. The minimum Gasteiger partial charge on any atom is -0.293 e. The lowest BCUT2D eigenvalue weighted by atomic mass is 9.70. The van der Waals surface area contributed by atoms with Crippen LogP contribution < -0.4 is 4.90 Å². The van der Waals surface area contributed by atoms with E-state index in [0.717, 1.165) is 53.2 Å². The second-order valence-corrected chi connectivity index (χ2v) is 11.0. The van der Waals surface area contributed by atoms with Crippen LogP contribution in [0.4, 0.5) is 11.4 Å². The first-order chi connectivity index (χ1) is 15.9. The predicted molar refractivity (Wildman–Crippen MR) is 144 cm³/mol. The molecule has 0 radical (unpaired) electrons. The van der Waals surface area contributed by atoms with Crippen LogP contribution in [0.5, 0.6) is 0 Å². The third-order valence-corrected chi connectivity index (χ3v) is 8.74. The van der Waals surface area contributed by atoms with Crippen LogP contribution in [-0.2, 0) is 0 Å². The van der Waals surface area contributed by atoms with Crippen molar-refractivity contribution in [2.24, 2.45) is 10.4 Å². The Kier molecular flexibility index (Phi) is 6.37. The zero-order chi connectivity index (χ0) is 23.2. The molecule has 2 heterocycles. The van der Waals surface area contributed by atoms with Gasteiger partial charge in [0.2, 0.25) is 0 Å². The van der Waals surface area contributed by atoms with E-state index in [2.05, 4.69) is 54.8 Å². The zero-order valence-corrected chi connectivity index (χ0v) is 21.6. The monoisotopic (exact) mass is 479 g/mol. The lowest BCUT2D eigenvalue weighted by molar-refractivity contribution is 0.155. The molecule has 1 saturated carbocycles. The van der Waals surface area contributed by atoms with E-state index in [4.69, 9.17) is 28.8 Å². The third-order valence-electron chi connectivity index (χ3n) is 7.83. The molecule has 0 N–H and O–H groups in total. The van der Waals surface area contributed by atoms with Crippen LogP contribution in [0.25, 0.3) is 0 Å². The Morgan fingerprint density at radius 2 is 1.58 bits per heavy atom. The molecule has 2 aliphatic heterocycles. The molecule has 2 saturated heterocycles. The number of aliphatic imine (C=N–C) groups is 1. The number of benzene rings is 2. The Bertz CT molecular complexity index is 1070. The van der Waals surface area contributed by atoms with Crippen molar-refractivity contribution in [1.82, 2.24) is 4.90 Å². The van der Waals surface area contributed by atoms with Crippen LogP contribution in [0.3, 0.4) is 0 Å². The quantitative estimate of drug-likeness (QED) is 0.423. The van der Waals surface area contributed by atoms with E-state index < -0.39 is 0 Å². The summed E-state index contributed by atoms with van der Waals surface area (Å²) in [6.45, 7) is 8.75. The number of aryl methyl sites for hydroxylation is 3. The van der Waals surface area contributed by atoms with Crippen LogP contribution in [0.2, 0.25) is 5.02 Å². The number of thiocarbonyl (C=S) groups is 1. The van der Waals surface area contributed by atoms with Gasteiger partial charge in [0.1, 0.15) is 5.84 Å². The first-order valence-electron chi connectivity index (χ1n) is 12.4. The first-order valence-corrected chi connectivity index (χ1v) is 13.2. The molecule has 5 heteroatoms. The smallest absolute Gasteiger partial charge is 0.133 e. The van der Waals surface area contributed by atoms with Crippen LogP contribution in [0, 0.1) is 26.2 Å². The number of likely N-dealkylation sites (tertiary alicyclic amines) is 1. The van der Waals surface area contributed by atoms with E-state index >= 15 is 0 Å². The van der Waals surface area contributed by atoms with Crippen LogP contribution in [-0.4, -0.2) is 34.9 Å². The van der Waals surface area contributed by atoms with Gasteiger partial charge in [-0.05, 0) is 82.8 Å². The van der Waals surface area contributed by atoms with Crippen molar-refractivity contribution in [1.29, 1.82) is 0 Å². The number of rotatable bonds is 3. The molecular weight excluding hydrogens is 446 g/mol. The summed E-state index contributed by atoms with van der Waals surface area (Å²) in [6.07, 6.45) is 8.54. The van der Waals surface area contributed by atoms with Gasteiger partial charge in [-0.25, -0.2) is 4.99 Å². The van der Waals surface area contributed by atoms with Gasteiger partial charge >= 0.3 is 0 Å². The molecular formula is C28H34ClN3S. The van der Waals surface area contributed by atoms with Gasteiger partial charge in [-0.15, -0.1) is 0 Å². The van der Waals surface area contributed by atoms with Crippen LogP contribution >= 0.6 is 23.8 Å². The molecule has 1 aliphatic carbocycles. The largest absolute Gasteiger partial charge is 0.293 e. The summed E-state index contributed by atoms with van der Waals surface area (Å²) < 4.78 is 0. The van der Waals surface area contributed by atoms with E-state index in [9.17, 15) is 0 Å². The van der Waals surface area contributed by atoms with Crippen molar-refractivity contribution in [3.63, 3.8) is 0 Å². The van der Waals surface area contributed by atoms with Crippen molar-refractivity contribution < 1.29 is 0 Å². The van der Waals surface area contributed by atoms with Gasteiger partial charge in [-0.1, -0.05) is 72.9 Å². The summed E-state index contributed by atoms with van der Waals surface area (Å²) in [5.41, 5.74) is 5.72. The molecule has 174 valence electrons. The molecule has 0 unspecified atom stereocenters. The van der Waals surface area contributed by atoms with Gasteiger partial charge in [-0.2, -0.15) is 0 Å². The number of nitrogens with zero attached hydrogens (tertiary/aromatic N) is 3. The van der Waals surface area contributed by atoms with Gasteiger partial charge < -0.3 is 0 Å². The van der Waals surface area contributed by atoms with Crippen molar-refractivity contribution >= 4 is 46.0 Å². The van der Waals surface area contributed by atoms with E-state index in [1.807, 2.05) is 12.1 Å². The molecule has 5 rings (SSSR count). The fraction of sp³-hybridized carbons (Fsp3) is 0.500. The van der Waals surface area contributed by atoms with Gasteiger partial charge in [0, 0.05) is 5.41 Å². The topological polar surface area (TPSA) is 18.8 Å². The highest BCUT2D eigenvalue weighted by Crippen LogP contribution is 2.51. The number of amidine groups is 1. The van der Waals surface area contributed by atoms with Gasteiger partial charge in [0.05, 0.1) is 27.4 Å². The highest BCUT2D eigenvalue weighted by atomic mass is 35.5. The Hall–Kier alpha value is -1.75. The fourth-order valence-electron chi connectivity index (χ4n) is 6.44.